The van der Waals surface area contributed by atoms with E-state index in [1.165, 1.54) is 16.4 Å². The number of benzene rings is 1. The summed E-state index contributed by atoms with van der Waals surface area (Å²) in [4.78, 5) is 11.3. The minimum Gasteiger partial charge on any atom is -0.399 e. The van der Waals surface area contributed by atoms with Crippen molar-refractivity contribution in [2.45, 2.75) is 17.7 Å². The number of carbonyl (C=O) groups excluding carboxylic acids is 1. The molecule has 7 heteroatoms. The van der Waals surface area contributed by atoms with Crippen LogP contribution < -0.4 is 11.5 Å². The van der Waals surface area contributed by atoms with Crippen LogP contribution >= 0.6 is 0 Å². The monoisotopic (exact) mass is 283 g/mol. The van der Waals surface area contributed by atoms with Crippen LogP contribution in [0.25, 0.3) is 0 Å². The number of amides is 1. The van der Waals surface area contributed by atoms with Gasteiger partial charge in [-0.05, 0) is 31.0 Å². The molecule has 1 atom stereocenters. The summed E-state index contributed by atoms with van der Waals surface area (Å²) in [6, 6.07) is 6.14. The zero-order chi connectivity index (χ0) is 14.0. The molecular formula is C12H17N3O3S. The van der Waals surface area contributed by atoms with Crippen LogP contribution in [0.1, 0.15) is 12.8 Å². The van der Waals surface area contributed by atoms with Gasteiger partial charge in [0.15, 0.2) is 0 Å². The van der Waals surface area contributed by atoms with Gasteiger partial charge in [-0.15, -0.1) is 0 Å². The first-order valence-corrected chi connectivity index (χ1v) is 7.50. The molecule has 0 radical (unpaired) electrons. The smallest absolute Gasteiger partial charge is 0.243 e. The van der Waals surface area contributed by atoms with Crippen molar-refractivity contribution in [3.63, 3.8) is 0 Å². The lowest BCUT2D eigenvalue weighted by Gasteiger charge is -2.30. The number of rotatable bonds is 3. The second-order valence-corrected chi connectivity index (χ2v) is 6.61. The van der Waals surface area contributed by atoms with Crippen molar-refractivity contribution >= 4 is 21.6 Å². The van der Waals surface area contributed by atoms with Gasteiger partial charge in [-0.25, -0.2) is 8.42 Å². The lowest BCUT2D eigenvalue weighted by Crippen LogP contribution is -2.44. The van der Waals surface area contributed by atoms with Gasteiger partial charge in [0.25, 0.3) is 0 Å². The summed E-state index contributed by atoms with van der Waals surface area (Å²) in [6.07, 6.45) is 1.27. The van der Waals surface area contributed by atoms with E-state index in [9.17, 15) is 13.2 Å². The molecule has 19 heavy (non-hydrogen) atoms. The van der Waals surface area contributed by atoms with E-state index in [0.29, 0.717) is 25.1 Å². The second-order valence-electron chi connectivity index (χ2n) is 4.68. The Balaban J connectivity index is 2.27. The average molecular weight is 283 g/mol. The molecule has 0 spiro atoms. The molecule has 0 saturated carbocycles. The summed E-state index contributed by atoms with van der Waals surface area (Å²) in [5, 5.41) is 0. The van der Waals surface area contributed by atoms with E-state index < -0.39 is 21.8 Å². The third kappa shape index (κ3) is 2.87. The Morgan fingerprint density at radius 2 is 2.11 bits per heavy atom. The van der Waals surface area contributed by atoms with Crippen molar-refractivity contribution in [1.82, 2.24) is 4.31 Å². The Bertz CT molecular complexity index is 586. The lowest BCUT2D eigenvalue weighted by molar-refractivity contribution is -0.122. The number of piperidine rings is 1. The van der Waals surface area contributed by atoms with Crippen molar-refractivity contribution in [1.29, 1.82) is 0 Å². The number of nitrogen functional groups attached to an aromatic ring is 1. The summed E-state index contributed by atoms with van der Waals surface area (Å²) in [7, 11) is -3.61. The summed E-state index contributed by atoms with van der Waals surface area (Å²) < 4.78 is 26.2. The van der Waals surface area contributed by atoms with E-state index in [-0.39, 0.29) is 11.4 Å². The summed E-state index contributed by atoms with van der Waals surface area (Å²) >= 11 is 0. The van der Waals surface area contributed by atoms with Gasteiger partial charge < -0.3 is 11.5 Å². The second kappa shape index (κ2) is 5.18. The Morgan fingerprint density at radius 3 is 2.74 bits per heavy atom. The number of nitrogens with two attached hydrogens (primary N) is 2. The van der Waals surface area contributed by atoms with E-state index in [2.05, 4.69) is 0 Å². The zero-order valence-electron chi connectivity index (χ0n) is 10.5. The number of hydrogen-bond donors (Lipinski definition) is 2. The first-order valence-electron chi connectivity index (χ1n) is 6.06. The normalized spacial score (nSPS) is 21.2. The van der Waals surface area contributed by atoms with Gasteiger partial charge >= 0.3 is 0 Å². The summed E-state index contributed by atoms with van der Waals surface area (Å²) in [5.74, 6) is -0.864. The van der Waals surface area contributed by atoms with Crippen LogP contribution in [0, 0.1) is 5.92 Å². The Morgan fingerprint density at radius 1 is 1.37 bits per heavy atom. The fourth-order valence-corrected chi connectivity index (χ4v) is 3.80. The molecule has 1 fully saturated rings. The first-order chi connectivity index (χ1) is 8.91. The molecule has 0 bridgehead atoms. The van der Waals surface area contributed by atoms with Crippen LogP contribution in [0.4, 0.5) is 5.69 Å². The van der Waals surface area contributed by atoms with Gasteiger partial charge in [0.1, 0.15) is 0 Å². The Labute approximate surface area is 112 Å². The Hall–Kier alpha value is -1.60. The fourth-order valence-electron chi connectivity index (χ4n) is 2.22. The highest BCUT2D eigenvalue weighted by Gasteiger charge is 2.32. The molecule has 2 rings (SSSR count). The van der Waals surface area contributed by atoms with Gasteiger partial charge in [-0.1, -0.05) is 6.07 Å². The lowest BCUT2D eigenvalue weighted by atomic mass is 9.99. The van der Waals surface area contributed by atoms with Crippen molar-refractivity contribution in [2.24, 2.45) is 11.7 Å². The molecule has 4 N–H and O–H groups in total. The standard InChI is InChI=1S/C12H17N3O3S/c13-10-4-1-5-11(7-10)19(17,18)15-6-2-3-9(8-15)12(14)16/h1,4-5,7,9H,2-3,6,8,13H2,(H2,14,16). The fraction of sp³-hybridized carbons (Fsp3) is 0.417. The minimum atomic E-state index is -3.61. The third-order valence-electron chi connectivity index (χ3n) is 3.28. The highest BCUT2D eigenvalue weighted by molar-refractivity contribution is 7.89. The van der Waals surface area contributed by atoms with Gasteiger partial charge in [0.2, 0.25) is 15.9 Å². The van der Waals surface area contributed by atoms with Gasteiger partial charge in [-0.2, -0.15) is 4.31 Å². The highest BCUT2D eigenvalue weighted by Crippen LogP contribution is 2.24. The number of sulfonamides is 1. The summed E-state index contributed by atoms with van der Waals surface area (Å²) in [5.41, 5.74) is 11.3. The van der Waals surface area contributed by atoms with Crippen LogP contribution in [0.5, 0.6) is 0 Å². The Kier molecular flexibility index (Phi) is 3.77. The molecule has 1 aliphatic heterocycles. The van der Waals surface area contributed by atoms with Gasteiger partial charge in [0.05, 0.1) is 10.8 Å². The highest BCUT2D eigenvalue weighted by atomic mass is 32.2. The first kappa shape index (κ1) is 13.8. The molecule has 1 unspecified atom stereocenters. The van der Waals surface area contributed by atoms with Crippen LogP contribution in [0.3, 0.4) is 0 Å². The van der Waals surface area contributed by atoms with Crippen LogP contribution in [0.2, 0.25) is 0 Å². The molecule has 104 valence electrons. The predicted molar refractivity (Wildman–Crippen MR) is 71.5 cm³/mol. The molecule has 1 aromatic rings. The van der Waals surface area contributed by atoms with Crippen molar-refractivity contribution in [3.05, 3.63) is 24.3 Å². The third-order valence-corrected chi connectivity index (χ3v) is 5.14. The van der Waals surface area contributed by atoms with E-state index in [0.717, 1.165) is 0 Å². The largest absolute Gasteiger partial charge is 0.399 e. The van der Waals surface area contributed by atoms with Crippen LogP contribution in [-0.2, 0) is 14.8 Å². The molecule has 1 heterocycles. The molecule has 1 aliphatic rings. The maximum atomic E-state index is 12.4. The molecular weight excluding hydrogens is 266 g/mol. The maximum Gasteiger partial charge on any atom is 0.243 e. The summed E-state index contributed by atoms with van der Waals surface area (Å²) in [6.45, 7) is 0.549. The maximum absolute atomic E-state index is 12.4. The van der Waals surface area contributed by atoms with Gasteiger partial charge in [-0.3, -0.25) is 4.79 Å². The predicted octanol–water partition coefficient (Wildman–Crippen LogP) is 0.155. The zero-order valence-corrected chi connectivity index (χ0v) is 11.3. The molecule has 1 amide bonds. The van der Waals surface area contributed by atoms with Crippen molar-refractivity contribution in [2.75, 3.05) is 18.8 Å². The van der Waals surface area contributed by atoms with Crippen LogP contribution in [-0.4, -0.2) is 31.7 Å². The van der Waals surface area contributed by atoms with Gasteiger partial charge in [0, 0.05) is 18.8 Å². The molecule has 1 saturated heterocycles. The average Bonchev–Trinajstić information content (AvgIpc) is 2.39. The molecule has 6 nitrogen and oxygen atoms in total. The quantitative estimate of drug-likeness (QED) is 0.770. The van der Waals surface area contributed by atoms with Crippen molar-refractivity contribution in [3.8, 4) is 0 Å². The van der Waals surface area contributed by atoms with E-state index in [4.69, 9.17) is 11.5 Å². The number of hydrogen-bond acceptors (Lipinski definition) is 4. The van der Waals surface area contributed by atoms with E-state index >= 15 is 0 Å². The minimum absolute atomic E-state index is 0.145. The topological polar surface area (TPSA) is 106 Å². The van der Waals surface area contributed by atoms with E-state index in [1.807, 2.05) is 0 Å². The number of nitrogens with zero attached hydrogens (tertiary/aromatic N) is 1. The number of anilines is 1. The number of primary amides is 1. The molecule has 0 aromatic heterocycles. The van der Waals surface area contributed by atoms with Crippen molar-refractivity contribution < 1.29 is 13.2 Å². The van der Waals surface area contributed by atoms with Crippen LogP contribution in [0.15, 0.2) is 29.2 Å². The molecule has 1 aromatic carbocycles. The van der Waals surface area contributed by atoms with E-state index in [1.54, 1.807) is 12.1 Å². The number of carbonyl (C=O) groups is 1. The SMILES string of the molecule is NC(=O)C1CCCN(S(=O)(=O)c2cccc(N)c2)C1. The molecule has 0 aliphatic carbocycles.